The lowest BCUT2D eigenvalue weighted by atomic mass is 9.81. The molecule has 1 aromatic rings. The molecule has 0 spiro atoms. The predicted molar refractivity (Wildman–Crippen MR) is 177 cm³/mol. The zero-order valence-electron chi connectivity index (χ0n) is 26.1. The number of phenols is 1. The number of phenolic OH excluding ortho intramolecular Hbond substituents is 1. The van der Waals surface area contributed by atoms with Crippen LogP contribution in [0.1, 0.15) is 103 Å². The number of hydrogen-bond donors (Lipinski definition) is 2. The number of nitrogens with one attached hydrogen (secondary N) is 1. The van der Waals surface area contributed by atoms with Crippen molar-refractivity contribution in [2.24, 2.45) is 10.4 Å². The Morgan fingerprint density at radius 2 is 1.74 bits per heavy atom. The van der Waals surface area contributed by atoms with Gasteiger partial charge in [-0.2, -0.15) is 0 Å². The number of amides is 2. The van der Waals surface area contributed by atoms with Gasteiger partial charge < -0.3 is 10.4 Å². The van der Waals surface area contributed by atoms with Gasteiger partial charge in [0.15, 0.2) is 0 Å². The van der Waals surface area contributed by atoms with E-state index in [2.05, 4.69) is 28.9 Å². The van der Waals surface area contributed by atoms with E-state index in [0.29, 0.717) is 17.8 Å². The number of carbonyl (C=O) groups is 2. The van der Waals surface area contributed by atoms with Gasteiger partial charge >= 0.3 is 0 Å². The van der Waals surface area contributed by atoms with E-state index in [-0.39, 0.29) is 29.7 Å². The van der Waals surface area contributed by atoms with E-state index in [1.165, 1.54) is 69.7 Å². The largest absolute Gasteiger partial charge is 0.506 e. The maximum atomic E-state index is 13.3. The molecule has 3 aliphatic rings. The number of carbonyl (C=O) groups excluding carboxylic acids is 2. The summed E-state index contributed by atoms with van der Waals surface area (Å²) in [6.45, 7) is 11.1. The molecule has 1 saturated carbocycles. The molecule has 4 rings (SSSR count). The summed E-state index contributed by atoms with van der Waals surface area (Å²) in [5.41, 5.74) is 1.83. The van der Waals surface area contributed by atoms with Gasteiger partial charge in [-0.3, -0.25) is 23.8 Å². The van der Waals surface area contributed by atoms with Crippen molar-refractivity contribution in [3.8, 4) is 5.75 Å². The zero-order chi connectivity index (χ0) is 30.4. The number of allylic oxidation sites excluding steroid dienone is 2. The number of aromatic hydroxyl groups is 1. The molecule has 1 aromatic carbocycles. The Bertz CT molecular complexity index is 1100. The lowest BCUT2D eigenvalue weighted by Crippen LogP contribution is -2.28. The first-order valence-corrected chi connectivity index (χ1v) is 17.1. The second-order valence-electron chi connectivity index (χ2n) is 12.1. The normalized spacial score (nSPS) is 20.9. The maximum absolute atomic E-state index is 13.3. The number of rotatable bonds is 10. The third-order valence-corrected chi connectivity index (χ3v) is 9.09. The van der Waals surface area contributed by atoms with Crippen molar-refractivity contribution in [3.05, 3.63) is 41.5 Å². The summed E-state index contributed by atoms with van der Waals surface area (Å²) >= 11 is 1.43. The van der Waals surface area contributed by atoms with Gasteiger partial charge in [0, 0.05) is 31.3 Å². The average Bonchev–Trinajstić information content (AvgIpc) is 3.37. The first-order chi connectivity index (χ1) is 20.3. The molecule has 1 unspecified atom stereocenters. The second kappa shape index (κ2) is 17.5. The van der Waals surface area contributed by atoms with Crippen molar-refractivity contribution in [1.82, 2.24) is 9.21 Å². The number of nitrogens with zero attached hydrogens (tertiary/aromatic N) is 3. The Kier molecular flexibility index (Phi) is 14.1. The molecule has 232 valence electrons. The van der Waals surface area contributed by atoms with Crippen molar-refractivity contribution in [1.29, 1.82) is 0 Å². The topological polar surface area (TPSA) is 85.2 Å². The third kappa shape index (κ3) is 10.6. The standard InChI is InChI=1S/C29H42N4O3S.C5H10/c1-5-14-33(37-4)28(36)23-12-8-9-13-29(2,19-23)20-26(35)31-24-17-22(18-25(34)27(24)30-3)21-32-15-10-6-7-11-16-32;1-2-4-5-3-1/h8,12,17-19,34H,3,5-7,9-11,13-16,20-21H2,1-2,4H3,(H,31,35);1-5H2. The fourth-order valence-electron chi connectivity index (χ4n) is 6.04. The van der Waals surface area contributed by atoms with Crippen molar-refractivity contribution < 1.29 is 14.7 Å². The highest BCUT2D eigenvalue weighted by Gasteiger charge is 2.29. The Morgan fingerprint density at radius 3 is 2.33 bits per heavy atom. The van der Waals surface area contributed by atoms with Crippen LogP contribution < -0.4 is 5.32 Å². The SMILES string of the molecule is C1CCCC1.C=Nc1c(O)cc(CN2CCCCCC2)cc1NC(=O)CC1(C)C=C(C(=O)N(CCC)SC)C=CCC1. The zero-order valence-corrected chi connectivity index (χ0v) is 26.9. The summed E-state index contributed by atoms with van der Waals surface area (Å²) in [5, 5.41) is 13.6. The molecule has 0 aromatic heterocycles. The van der Waals surface area contributed by atoms with E-state index in [0.717, 1.165) is 44.5 Å². The highest BCUT2D eigenvalue weighted by Crippen LogP contribution is 2.38. The van der Waals surface area contributed by atoms with Crippen LogP contribution in [0, 0.1) is 5.41 Å². The van der Waals surface area contributed by atoms with Crippen molar-refractivity contribution >= 4 is 41.9 Å². The maximum Gasteiger partial charge on any atom is 0.263 e. The Balaban J connectivity index is 0.000000873. The summed E-state index contributed by atoms with van der Waals surface area (Å²) in [4.78, 5) is 32.8. The second-order valence-corrected chi connectivity index (χ2v) is 12.9. The molecule has 8 heteroatoms. The monoisotopic (exact) mass is 596 g/mol. The molecule has 1 saturated heterocycles. The van der Waals surface area contributed by atoms with Crippen LogP contribution in [0.2, 0.25) is 0 Å². The van der Waals surface area contributed by atoms with Crippen molar-refractivity contribution in [2.75, 3.05) is 31.2 Å². The predicted octanol–water partition coefficient (Wildman–Crippen LogP) is 8.18. The van der Waals surface area contributed by atoms with E-state index in [1.807, 2.05) is 37.5 Å². The Morgan fingerprint density at radius 1 is 1.10 bits per heavy atom. The Labute approximate surface area is 258 Å². The number of likely N-dealkylation sites (tertiary alicyclic amines) is 1. The Hall–Kier alpha value is -2.58. The fraction of sp³-hybridized carbons (Fsp3) is 0.618. The molecule has 2 amide bonds. The molecule has 7 nitrogen and oxygen atoms in total. The van der Waals surface area contributed by atoms with Crippen LogP contribution in [0.4, 0.5) is 11.4 Å². The summed E-state index contributed by atoms with van der Waals surface area (Å²) in [7, 11) is 0. The lowest BCUT2D eigenvalue weighted by molar-refractivity contribution is -0.122. The van der Waals surface area contributed by atoms with E-state index in [4.69, 9.17) is 0 Å². The molecule has 2 fully saturated rings. The van der Waals surface area contributed by atoms with Gasteiger partial charge in [-0.1, -0.05) is 89.0 Å². The number of hydrogen-bond acceptors (Lipinski definition) is 6. The van der Waals surface area contributed by atoms with Crippen LogP contribution in [0.25, 0.3) is 0 Å². The van der Waals surface area contributed by atoms with Gasteiger partial charge in [0.1, 0.15) is 11.4 Å². The molecule has 1 atom stereocenters. The molecule has 1 aliphatic heterocycles. The van der Waals surface area contributed by atoms with Gasteiger partial charge in [0.2, 0.25) is 5.91 Å². The number of aliphatic imine (C=N–C) groups is 1. The summed E-state index contributed by atoms with van der Waals surface area (Å²) in [5.74, 6) is -0.189. The molecule has 0 bridgehead atoms. The summed E-state index contributed by atoms with van der Waals surface area (Å²) in [6, 6.07) is 3.62. The van der Waals surface area contributed by atoms with E-state index in [9.17, 15) is 14.7 Å². The number of benzene rings is 1. The van der Waals surface area contributed by atoms with E-state index < -0.39 is 5.41 Å². The summed E-state index contributed by atoms with van der Waals surface area (Å²) < 4.78 is 1.77. The third-order valence-electron chi connectivity index (χ3n) is 8.31. The molecular formula is C34H52N4O3S. The van der Waals surface area contributed by atoms with Gasteiger partial charge in [0.05, 0.1) is 5.69 Å². The quantitative estimate of drug-likeness (QED) is 0.210. The highest BCUT2D eigenvalue weighted by atomic mass is 32.2. The van der Waals surface area contributed by atoms with E-state index >= 15 is 0 Å². The minimum absolute atomic E-state index is 0.0170. The molecule has 1 heterocycles. The molecule has 0 radical (unpaired) electrons. The molecule has 42 heavy (non-hydrogen) atoms. The minimum Gasteiger partial charge on any atom is -0.506 e. The van der Waals surface area contributed by atoms with Gasteiger partial charge in [0.25, 0.3) is 5.91 Å². The van der Waals surface area contributed by atoms with Crippen LogP contribution in [0.5, 0.6) is 5.75 Å². The summed E-state index contributed by atoms with van der Waals surface area (Å²) in [6.07, 6.45) is 22.8. The fourth-order valence-corrected chi connectivity index (χ4v) is 6.68. The molecule has 2 aliphatic carbocycles. The van der Waals surface area contributed by atoms with E-state index in [1.54, 1.807) is 10.4 Å². The van der Waals surface area contributed by atoms with Gasteiger partial charge in [-0.05, 0) is 75.0 Å². The average molecular weight is 597 g/mol. The van der Waals surface area contributed by atoms with Crippen molar-refractivity contribution in [2.45, 2.75) is 104 Å². The smallest absolute Gasteiger partial charge is 0.263 e. The van der Waals surface area contributed by atoms with Crippen LogP contribution >= 0.6 is 11.9 Å². The first-order valence-electron chi connectivity index (χ1n) is 15.9. The lowest BCUT2D eigenvalue weighted by Gasteiger charge is -2.26. The van der Waals surface area contributed by atoms with Crippen LogP contribution in [0.15, 0.2) is 40.9 Å². The first kappa shape index (κ1) is 33.9. The van der Waals surface area contributed by atoms with Crippen LogP contribution in [-0.2, 0) is 16.1 Å². The van der Waals surface area contributed by atoms with Crippen LogP contribution in [0.3, 0.4) is 0 Å². The highest BCUT2D eigenvalue weighted by molar-refractivity contribution is 7.96. The van der Waals surface area contributed by atoms with Crippen molar-refractivity contribution in [3.63, 3.8) is 0 Å². The molecule has 2 N–H and O–H groups in total. The number of anilines is 1. The van der Waals surface area contributed by atoms with Gasteiger partial charge in [-0.25, -0.2) is 0 Å². The minimum atomic E-state index is -0.484. The molecular weight excluding hydrogens is 544 g/mol. The van der Waals surface area contributed by atoms with Gasteiger partial charge in [-0.15, -0.1) is 0 Å². The van der Waals surface area contributed by atoms with Crippen LogP contribution in [-0.4, -0.2) is 58.7 Å².